The molecule has 0 amide bonds. The third kappa shape index (κ3) is 8.27. The highest BCUT2D eigenvalue weighted by atomic mass is 28.5. The van der Waals surface area contributed by atoms with E-state index >= 15 is 0 Å². The Labute approximate surface area is 512 Å². The number of hydrogen-bond acceptors (Lipinski definition) is 3. The van der Waals surface area contributed by atoms with Crippen LogP contribution in [0.15, 0.2) is 333 Å². The zero-order valence-corrected chi connectivity index (χ0v) is 45.7. The van der Waals surface area contributed by atoms with Crippen molar-refractivity contribution in [2.24, 2.45) is 0 Å². The molecule has 1 aliphatic heterocycles. The summed E-state index contributed by atoms with van der Waals surface area (Å²) in [5.74, 6) is 0. The minimum absolute atomic E-state index is 0.124. The second kappa shape index (κ2) is 20.8. The van der Waals surface area contributed by atoms with E-state index in [1.807, 2.05) is 133 Å². The van der Waals surface area contributed by atoms with Crippen molar-refractivity contribution in [2.45, 2.75) is 0 Å². The van der Waals surface area contributed by atoms with Crippen molar-refractivity contribution in [3.63, 3.8) is 0 Å². The van der Waals surface area contributed by atoms with E-state index in [1.54, 1.807) is 12.1 Å². The predicted molar refractivity (Wildman–Crippen MR) is 340 cm³/mol. The van der Waals surface area contributed by atoms with Crippen molar-refractivity contribution in [3.8, 4) is 16.8 Å². The summed E-state index contributed by atoms with van der Waals surface area (Å²) in [4.78, 5) is 0. The van der Waals surface area contributed by atoms with Gasteiger partial charge in [-0.3, -0.25) is 0 Å². The lowest BCUT2D eigenvalue weighted by Gasteiger charge is -2.53. The molecule has 0 unspecified atom stereocenters. The predicted octanol–water partition coefficient (Wildman–Crippen LogP) is 9.96. The standard InChI is InChI=1S/C72H55NO3Si4/c1-8-32-59(33-9-1)77(60-34-10-2-11-35-60,67-47-28-31-58(55-67)73-71-51-24-22-49-69(71)70-50-23-25-52-72(70)73)66-46-26-29-56(53-66)57-30-27-48-68(54-57)80(65-44-20-7-21-45-65)75-78(61-36-12-3-13-37-61,62-38-14-4-15-39-62)74-79(76-80,63-40-16-5-17-41-63)64-42-18-6-19-43-64/h1-55H/i3D,4D,5D,6D,7D,12D,13D,14D,15D,16D,17D,18D,19D,20D,21D,27D,30D,36D,37D,38D,39D,40D,41D,42D,43D,44D,45D,48D,54D. The van der Waals surface area contributed by atoms with Crippen LogP contribution in [0.4, 0.5) is 0 Å². The third-order valence-electron chi connectivity index (χ3n) is 14.1. The summed E-state index contributed by atoms with van der Waals surface area (Å²) in [6.07, 6.45) is 0. The molecule has 13 aromatic rings. The Morgan fingerprint density at radius 3 is 1.11 bits per heavy atom. The molecule has 80 heavy (non-hydrogen) atoms. The molecule has 8 heteroatoms. The summed E-state index contributed by atoms with van der Waals surface area (Å²) < 4.78 is 304. The molecular formula is C72H55NO3Si4. The molecule has 1 aromatic heterocycles. The Hall–Kier alpha value is -8.81. The first-order valence-corrected chi connectivity index (χ1v) is 32.5. The summed E-state index contributed by atoms with van der Waals surface area (Å²) in [7, 11) is -25.4. The average Bonchev–Trinajstić information content (AvgIpc) is 1.23. The molecule has 0 atom stereocenters. The molecule has 14 rings (SSSR count). The number of rotatable bonds is 12. The summed E-state index contributed by atoms with van der Waals surface area (Å²) in [6.45, 7) is 0. The molecule has 382 valence electrons. The van der Waals surface area contributed by atoms with Gasteiger partial charge in [-0.25, -0.2) is 0 Å². The van der Waals surface area contributed by atoms with Gasteiger partial charge < -0.3 is 16.9 Å². The van der Waals surface area contributed by atoms with Crippen molar-refractivity contribution in [2.75, 3.05) is 0 Å². The van der Waals surface area contributed by atoms with Gasteiger partial charge in [0.05, 0.1) is 50.8 Å². The van der Waals surface area contributed by atoms with E-state index < -0.39 is 246 Å². The van der Waals surface area contributed by atoms with Crippen molar-refractivity contribution < 1.29 is 52.1 Å². The molecule has 2 heterocycles. The molecule has 0 aliphatic carbocycles. The van der Waals surface area contributed by atoms with Crippen molar-refractivity contribution >= 4 is 107 Å². The van der Waals surface area contributed by atoms with Crippen LogP contribution < -0.4 is 51.9 Å². The van der Waals surface area contributed by atoms with E-state index in [9.17, 15) is 32.9 Å². The van der Waals surface area contributed by atoms with E-state index in [0.717, 1.165) is 43.1 Å². The van der Waals surface area contributed by atoms with Gasteiger partial charge in [0.1, 0.15) is 0 Å². The summed E-state index contributed by atoms with van der Waals surface area (Å²) in [6, 6.07) is 11.5. The van der Waals surface area contributed by atoms with Gasteiger partial charge in [-0.1, -0.05) is 309 Å². The highest BCUT2D eigenvalue weighted by Gasteiger charge is 2.67. The number of nitrogens with zero attached hydrogens (tertiary/aromatic N) is 1. The lowest BCUT2D eigenvalue weighted by atomic mass is 10.1. The van der Waals surface area contributed by atoms with Crippen molar-refractivity contribution in [3.05, 3.63) is 333 Å². The molecular weight excluding hydrogens is 1040 g/mol. The smallest absolute Gasteiger partial charge is 0.390 e. The molecule has 1 aliphatic rings. The molecule has 1 saturated heterocycles. The number of aromatic nitrogens is 1. The van der Waals surface area contributed by atoms with Crippen LogP contribution in [0.1, 0.15) is 39.8 Å². The van der Waals surface area contributed by atoms with Crippen LogP contribution in [-0.4, -0.2) is 38.3 Å². The summed E-state index contributed by atoms with van der Waals surface area (Å²) in [5, 5.41) is -3.26. The molecule has 0 saturated carbocycles. The maximum absolute atomic E-state index is 11.1. The average molecular weight is 1120 g/mol. The van der Waals surface area contributed by atoms with Crippen LogP contribution in [0.2, 0.25) is 0 Å². The SMILES string of the molecule is [2H]c1c([2H])c([2H])c([Si]2(c3c([2H])c([2H])c([2H])c([2H])c3[2H])O[Si](c3c([2H])c([2H])c([2H])c([2H])c3[2H])(c3c([2H])c([2H])c([2H])c([2H])c3[2H])O[Si](c3c([2H])c([2H])c([2H])c([2H])c3[2H])(c3c([2H])c([2H])c([2H])c(-c4cccc([Si](c5ccccc5)(c5ccccc5)c5cccc(-n6c7ccccc7c7ccccc76)c5)c4)c3[2H])O2)c([2H])c1[2H]. The fraction of sp³-hybridized carbons (Fsp3) is 0. The molecule has 0 bridgehead atoms. The van der Waals surface area contributed by atoms with Gasteiger partial charge in [0.25, 0.3) is 0 Å². The number of fused-ring (bicyclic) bond motifs is 3. The van der Waals surface area contributed by atoms with Gasteiger partial charge in [-0.15, -0.1) is 0 Å². The number of benzene rings is 12. The highest BCUT2D eigenvalue weighted by Crippen LogP contribution is 2.34. The maximum Gasteiger partial charge on any atom is 0.390 e. The van der Waals surface area contributed by atoms with Gasteiger partial charge in [0, 0.05) is 16.5 Å². The van der Waals surface area contributed by atoms with Gasteiger partial charge in [-0.05, 0) is 87.3 Å². The first-order chi connectivity index (χ1) is 51.6. The van der Waals surface area contributed by atoms with Crippen molar-refractivity contribution in [1.82, 2.24) is 4.57 Å². The monoisotopic (exact) mass is 1120 g/mol. The summed E-state index contributed by atoms with van der Waals surface area (Å²) in [5.41, 5.74) is 1.77. The number of hydrogen-bond donors (Lipinski definition) is 0. The lowest BCUT2D eigenvalue weighted by Crippen LogP contribution is -2.88. The van der Waals surface area contributed by atoms with Gasteiger partial charge >= 0.3 is 25.7 Å². The third-order valence-corrected chi connectivity index (χ3v) is 31.2. The van der Waals surface area contributed by atoms with Gasteiger partial charge in [0.15, 0.2) is 8.07 Å². The zero-order valence-electron chi connectivity index (χ0n) is 70.7. The highest BCUT2D eigenvalue weighted by molar-refractivity contribution is 7.20. The fourth-order valence-corrected chi connectivity index (χ4v) is 30.5. The second-order valence-corrected chi connectivity index (χ2v) is 31.3. The Morgan fingerprint density at radius 2 is 0.662 bits per heavy atom. The quantitative estimate of drug-likeness (QED) is 0.0903. The van der Waals surface area contributed by atoms with Crippen molar-refractivity contribution in [1.29, 1.82) is 0 Å². The van der Waals surface area contributed by atoms with Gasteiger partial charge in [0.2, 0.25) is 0 Å². The molecule has 0 N–H and O–H groups in total. The Kier molecular flexibility index (Phi) is 7.11. The normalized spacial score (nSPS) is 19.7. The zero-order chi connectivity index (χ0) is 78.6. The van der Waals surface area contributed by atoms with Crippen LogP contribution in [0.25, 0.3) is 38.6 Å². The lowest BCUT2D eigenvalue weighted by molar-refractivity contribution is 0.268. The minimum atomic E-state index is -7.19. The van der Waals surface area contributed by atoms with E-state index in [4.69, 9.17) is 19.2 Å². The van der Waals surface area contributed by atoms with E-state index in [1.165, 1.54) is 6.07 Å². The Bertz CT molecular complexity index is 5570. The topological polar surface area (TPSA) is 32.6 Å². The van der Waals surface area contributed by atoms with E-state index in [0.29, 0.717) is 5.19 Å². The largest absolute Gasteiger partial charge is 0.402 e. The Balaban J connectivity index is 1.21. The van der Waals surface area contributed by atoms with Gasteiger partial charge in [-0.2, -0.15) is 0 Å². The van der Waals surface area contributed by atoms with Crippen LogP contribution >= 0.6 is 0 Å². The minimum Gasteiger partial charge on any atom is -0.402 e. The molecule has 0 spiro atoms. The maximum atomic E-state index is 11.1. The van der Waals surface area contributed by atoms with E-state index in [2.05, 4.69) is 10.6 Å². The molecule has 0 radical (unpaired) electrons. The molecule has 4 nitrogen and oxygen atoms in total. The summed E-state index contributed by atoms with van der Waals surface area (Å²) >= 11 is 0. The Morgan fingerprint density at radius 1 is 0.300 bits per heavy atom. The van der Waals surface area contributed by atoms with Crippen LogP contribution in [0.5, 0.6) is 0 Å². The van der Waals surface area contributed by atoms with E-state index in [-0.39, 0.29) is 5.56 Å². The second-order valence-electron chi connectivity index (χ2n) is 18.4. The molecule has 1 fully saturated rings. The first-order valence-electron chi connectivity index (χ1n) is 39.5. The van der Waals surface area contributed by atoms with Crippen LogP contribution in [0.3, 0.4) is 0 Å². The fourth-order valence-electron chi connectivity index (χ4n) is 10.7. The number of para-hydroxylation sites is 2. The van der Waals surface area contributed by atoms with Crippen LogP contribution in [-0.2, 0) is 12.3 Å². The van der Waals surface area contributed by atoms with Crippen LogP contribution in [0, 0.1) is 0 Å². The molecule has 12 aromatic carbocycles. The first kappa shape index (κ1) is 27.4.